The molecule has 2 heterocycles. The molecule has 272 valence electrons. The molecule has 12 heteroatoms. The summed E-state index contributed by atoms with van der Waals surface area (Å²) in [5.74, 6) is -1.29. The number of carbonyl (C=O) groups excluding carboxylic acids is 1. The smallest absolute Gasteiger partial charge is 0.303 e. The zero-order valence-corrected chi connectivity index (χ0v) is 29.1. The number of benzene rings is 4. The van der Waals surface area contributed by atoms with Gasteiger partial charge >= 0.3 is 5.97 Å². The molecule has 0 aliphatic carbocycles. The monoisotopic (exact) mass is 708 g/mol. The van der Waals surface area contributed by atoms with Gasteiger partial charge in [-0.25, -0.2) is 0 Å². The van der Waals surface area contributed by atoms with Crippen molar-refractivity contribution < 1.29 is 34.2 Å². The summed E-state index contributed by atoms with van der Waals surface area (Å²) < 4.78 is 13.4. The van der Waals surface area contributed by atoms with E-state index in [0.717, 1.165) is 65.2 Å². The van der Waals surface area contributed by atoms with E-state index in [1.807, 2.05) is 84.9 Å². The molecular weight excluding hydrogens is 664 g/mol. The molecule has 12 nitrogen and oxygen atoms in total. The first-order valence-corrected chi connectivity index (χ1v) is 17.6. The molecule has 6 rings (SSSR count). The summed E-state index contributed by atoms with van der Waals surface area (Å²) in [6.07, 6.45) is -1.29. The van der Waals surface area contributed by atoms with E-state index in [-0.39, 0.29) is 60.6 Å². The van der Waals surface area contributed by atoms with Crippen LogP contribution < -0.4 is 10.2 Å². The van der Waals surface area contributed by atoms with Gasteiger partial charge in [0.25, 0.3) is 5.69 Å². The normalized spacial score (nSPS) is 20.7. The van der Waals surface area contributed by atoms with Gasteiger partial charge in [-0.05, 0) is 39.9 Å². The number of nitrogens with one attached hydrogen (secondary N) is 1. The molecule has 3 N–H and O–H groups in total. The average Bonchev–Trinajstić information content (AvgIpc) is 3.17. The number of hydrogen-bond donors (Lipinski definition) is 3. The largest absolute Gasteiger partial charge is 0.481 e. The summed E-state index contributed by atoms with van der Waals surface area (Å²) in [7, 11) is 0. The number of carbonyl (C=O) groups is 2. The number of ether oxygens (including phenoxy) is 2. The maximum atomic E-state index is 12.2. The molecule has 0 radical (unpaired) electrons. The topological polar surface area (TPSA) is 155 Å². The molecule has 0 spiro atoms. The highest BCUT2D eigenvalue weighted by Crippen LogP contribution is 2.42. The number of amides is 1. The van der Waals surface area contributed by atoms with Crippen molar-refractivity contribution in [3.63, 3.8) is 0 Å². The first kappa shape index (κ1) is 36.6. The Balaban J connectivity index is 1.16. The van der Waals surface area contributed by atoms with E-state index in [9.17, 15) is 24.8 Å². The number of nitro benzene ring substituents is 1. The number of carboxylic acid groups (broad SMARTS) is 1. The van der Waals surface area contributed by atoms with E-state index in [0.29, 0.717) is 6.54 Å². The summed E-state index contributed by atoms with van der Waals surface area (Å²) in [6, 6.07) is 30.4. The lowest BCUT2D eigenvalue weighted by Crippen LogP contribution is -2.51. The minimum absolute atomic E-state index is 0.0285. The third-order valence-corrected chi connectivity index (χ3v) is 9.91. The third-order valence-electron chi connectivity index (χ3n) is 9.91. The van der Waals surface area contributed by atoms with Crippen LogP contribution >= 0.6 is 0 Å². The Morgan fingerprint density at radius 1 is 0.865 bits per heavy atom. The zero-order chi connectivity index (χ0) is 36.6. The molecule has 4 aromatic carbocycles. The minimum atomic E-state index is -1.01. The molecule has 0 saturated carbocycles. The second-order valence-electron chi connectivity index (χ2n) is 13.3. The number of anilines is 1. The van der Waals surface area contributed by atoms with Gasteiger partial charge in [0.15, 0.2) is 6.29 Å². The number of rotatable bonds is 13. The predicted molar refractivity (Wildman–Crippen MR) is 195 cm³/mol. The Morgan fingerprint density at radius 2 is 1.54 bits per heavy atom. The molecule has 4 aromatic rings. The maximum absolute atomic E-state index is 12.2. The molecule has 2 fully saturated rings. The lowest BCUT2D eigenvalue weighted by molar-refractivity contribution is -0.384. The van der Waals surface area contributed by atoms with Crippen LogP contribution in [0.4, 0.5) is 11.4 Å². The Labute approximate surface area is 302 Å². The van der Waals surface area contributed by atoms with Crippen LogP contribution in [0, 0.1) is 16.0 Å². The van der Waals surface area contributed by atoms with E-state index in [4.69, 9.17) is 14.6 Å². The van der Waals surface area contributed by atoms with Crippen molar-refractivity contribution in [2.24, 2.45) is 5.92 Å². The zero-order valence-electron chi connectivity index (χ0n) is 29.1. The third kappa shape index (κ3) is 9.01. The number of non-ortho nitro benzene ring substituents is 1. The van der Waals surface area contributed by atoms with Crippen molar-refractivity contribution >= 4 is 23.3 Å². The minimum Gasteiger partial charge on any atom is -0.481 e. The van der Waals surface area contributed by atoms with Crippen LogP contribution in [0.1, 0.15) is 54.4 Å². The van der Waals surface area contributed by atoms with Crippen LogP contribution in [0.3, 0.4) is 0 Å². The Bertz CT molecular complexity index is 1830. The Hall–Kier alpha value is -5.14. The Morgan fingerprint density at radius 3 is 2.19 bits per heavy atom. The number of aliphatic hydroxyl groups is 1. The lowest BCUT2D eigenvalue weighted by Gasteiger charge is -2.44. The highest BCUT2D eigenvalue weighted by atomic mass is 16.7. The first-order chi connectivity index (χ1) is 25.2. The lowest BCUT2D eigenvalue weighted by atomic mass is 9.89. The molecule has 0 unspecified atom stereocenters. The van der Waals surface area contributed by atoms with Crippen LogP contribution in [-0.4, -0.2) is 70.7 Å². The van der Waals surface area contributed by atoms with Crippen molar-refractivity contribution in [2.45, 2.75) is 51.4 Å². The fourth-order valence-corrected chi connectivity index (χ4v) is 6.83. The van der Waals surface area contributed by atoms with Gasteiger partial charge in [0.2, 0.25) is 5.91 Å². The molecular formula is C40H44N4O8. The van der Waals surface area contributed by atoms with E-state index < -0.39 is 12.3 Å². The summed E-state index contributed by atoms with van der Waals surface area (Å²) in [5, 5.41) is 32.4. The molecule has 0 bridgehead atoms. The number of hydrogen-bond acceptors (Lipinski definition) is 9. The Kier molecular flexibility index (Phi) is 11.9. The summed E-state index contributed by atoms with van der Waals surface area (Å²) in [6.45, 7) is 6.33. The molecule has 2 aliphatic rings. The van der Waals surface area contributed by atoms with E-state index in [1.165, 1.54) is 0 Å². The molecule has 1 amide bonds. The molecule has 52 heavy (non-hydrogen) atoms. The van der Waals surface area contributed by atoms with Crippen LogP contribution in [0.25, 0.3) is 11.1 Å². The number of nitro groups is 1. The highest BCUT2D eigenvalue weighted by molar-refractivity contribution is 5.81. The average molecular weight is 709 g/mol. The number of nitrogens with zero attached hydrogens (tertiary/aromatic N) is 3. The predicted octanol–water partition coefficient (Wildman–Crippen LogP) is 5.85. The summed E-state index contributed by atoms with van der Waals surface area (Å²) in [5.41, 5.74) is 6.61. The summed E-state index contributed by atoms with van der Waals surface area (Å²) >= 11 is 0. The second kappa shape index (κ2) is 16.9. The quantitative estimate of drug-likeness (QED) is 0.114. The van der Waals surface area contributed by atoms with Gasteiger partial charge in [0.1, 0.15) is 0 Å². The SMILES string of the molecule is C[C@@H]1[C@H](CN2CCN(c3ccc([N+](=O)[O-])cc3)CC2)O[C@H](c2ccc(-c3ccccc3CNC(=O)CCC(=O)O)cc2)O[C@@H]1c1ccc(CO)cc1. The fourth-order valence-electron chi connectivity index (χ4n) is 6.83. The highest BCUT2D eigenvalue weighted by Gasteiger charge is 2.39. The second-order valence-corrected chi connectivity index (χ2v) is 13.3. The van der Waals surface area contributed by atoms with Gasteiger partial charge in [0, 0.05) is 75.0 Å². The van der Waals surface area contributed by atoms with Crippen LogP contribution in [-0.2, 0) is 32.2 Å². The van der Waals surface area contributed by atoms with Gasteiger partial charge < -0.3 is 29.9 Å². The van der Waals surface area contributed by atoms with Crippen molar-refractivity contribution in [1.29, 1.82) is 0 Å². The standard InChI is InChI=1S/C40H44N4O8/c1-27-36(25-42-20-22-43(23-21-42)33-14-16-34(17-15-33)44(49)50)51-40(52-39(27)30-8-6-28(26-45)7-9-30)31-12-10-29(11-13-31)35-5-3-2-4-32(35)24-41-37(46)18-19-38(47)48/h2-17,27,36,39-40,45H,18-26H2,1H3,(H,41,46)(H,47,48)/t27-,36+,39+,40+/m1/s1. The van der Waals surface area contributed by atoms with Gasteiger partial charge in [-0.3, -0.25) is 24.6 Å². The van der Waals surface area contributed by atoms with Crippen molar-refractivity contribution in [2.75, 3.05) is 37.6 Å². The molecule has 2 saturated heterocycles. The van der Waals surface area contributed by atoms with Crippen molar-refractivity contribution in [3.05, 3.63) is 129 Å². The van der Waals surface area contributed by atoms with Crippen LogP contribution in [0.5, 0.6) is 0 Å². The van der Waals surface area contributed by atoms with Crippen molar-refractivity contribution in [1.82, 2.24) is 10.2 Å². The maximum Gasteiger partial charge on any atom is 0.303 e. The number of aliphatic carboxylic acids is 1. The van der Waals surface area contributed by atoms with Gasteiger partial charge in [-0.1, -0.05) is 79.7 Å². The van der Waals surface area contributed by atoms with E-state index in [1.54, 1.807) is 12.1 Å². The number of aliphatic hydroxyl groups excluding tert-OH is 1. The summed E-state index contributed by atoms with van der Waals surface area (Å²) in [4.78, 5) is 38.4. The van der Waals surface area contributed by atoms with Gasteiger partial charge in [-0.15, -0.1) is 0 Å². The number of carboxylic acids is 1. The fraction of sp³-hybridized carbons (Fsp3) is 0.350. The molecule has 2 aliphatic heterocycles. The van der Waals surface area contributed by atoms with Crippen LogP contribution in [0.15, 0.2) is 97.1 Å². The van der Waals surface area contributed by atoms with E-state index >= 15 is 0 Å². The number of piperazine rings is 1. The molecule has 0 aromatic heterocycles. The van der Waals surface area contributed by atoms with Crippen molar-refractivity contribution in [3.8, 4) is 11.1 Å². The van der Waals surface area contributed by atoms with Gasteiger partial charge in [-0.2, -0.15) is 0 Å². The van der Waals surface area contributed by atoms with Gasteiger partial charge in [0.05, 0.1) is 30.2 Å². The van der Waals surface area contributed by atoms with Crippen LogP contribution in [0.2, 0.25) is 0 Å². The molecule has 4 atom stereocenters. The van der Waals surface area contributed by atoms with E-state index in [2.05, 4.69) is 22.0 Å². The first-order valence-electron chi connectivity index (χ1n) is 17.6.